The predicted molar refractivity (Wildman–Crippen MR) is 99.1 cm³/mol. The Morgan fingerprint density at radius 1 is 1.22 bits per heavy atom. The molecule has 1 unspecified atom stereocenters. The first-order valence-corrected chi connectivity index (χ1v) is 13.6. The molecule has 0 aliphatic heterocycles. The molecular formula is C11H22NO6PPoS3. The first-order valence-electron chi connectivity index (χ1n) is 6.77. The minimum atomic E-state index is -3.02. The van der Waals surface area contributed by atoms with Gasteiger partial charge < -0.3 is 13.9 Å². The van der Waals surface area contributed by atoms with Crippen molar-refractivity contribution >= 4 is 77.3 Å². The zero-order valence-electron chi connectivity index (χ0n) is 12.8. The van der Waals surface area contributed by atoms with Crippen LogP contribution in [0.5, 0.6) is 0 Å². The number of nitrogens with one attached hydrogen (secondary N) is 1. The van der Waals surface area contributed by atoms with Gasteiger partial charge in [0.2, 0.25) is 0 Å². The standard InChI is InChI=1S/C11H22NO6PS3.Po.H/c1-16-19(15,20)18-7-3-9-22-21-8-2-6-17-11(14)5-4-10(12)13;;/h2-9H2,1H3,(H3,12,13,15,20);;/q;+1;/p-1. The van der Waals surface area contributed by atoms with Crippen molar-refractivity contribution in [2.75, 3.05) is 31.8 Å². The number of amides is 1. The summed E-state index contributed by atoms with van der Waals surface area (Å²) in [5.41, 5.74) is 0. The molecule has 7 nitrogen and oxygen atoms in total. The maximum atomic E-state index is 11.3. The number of ether oxygens (including phenoxy) is 1. The van der Waals surface area contributed by atoms with Gasteiger partial charge in [0.15, 0.2) is 0 Å². The third-order valence-corrected chi connectivity index (χ3v) is 7.54. The molecule has 0 saturated carbocycles. The van der Waals surface area contributed by atoms with Gasteiger partial charge in [-0.1, -0.05) is 0 Å². The van der Waals surface area contributed by atoms with Gasteiger partial charge in [0.1, 0.15) is 0 Å². The van der Waals surface area contributed by atoms with E-state index in [1.807, 2.05) is 0 Å². The average molecular weight is 600 g/mol. The average Bonchev–Trinajstić information content (AvgIpc) is 2.54. The molecule has 0 rings (SSSR count). The van der Waals surface area contributed by atoms with Gasteiger partial charge >= 0.3 is 120 Å². The summed E-state index contributed by atoms with van der Waals surface area (Å²) < 4.78 is 17.3. The number of carbonyl (C=O) groups excluding carboxylic acids is 2. The molecule has 0 radical (unpaired) electrons. The molecular weight excluding hydrogens is 578 g/mol. The van der Waals surface area contributed by atoms with Crippen LogP contribution in [0.1, 0.15) is 25.7 Å². The van der Waals surface area contributed by atoms with Crippen LogP contribution >= 0.6 is 28.3 Å². The molecule has 0 aliphatic rings. The molecule has 2 N–H and O–H groups in total. The van der Waals surface area contributed by atoms with Crippen LogP contribution in [0.2, 0.25) is 0 Å². The van der Waals surface area contributed by atoms with Crippen LogP contribution in [0.3, 0.4) is 0 Å². The maximum absolute atomic E-state index is 11.3. The number of hydrogen-bond donors (Lipinski definition) is 2. The topological polar surface area (TPSA) is 94.1 Å². The monoisotopic (exact) mass is 600 g/mol. The van der Waals surface area contributed by atoms with Crippen LogP contribution < -0.4 is 3.22 Å². The molecule has 0 aromatic carbocycles. The minimum absolute atomic E-state index is 0.117. The molecule has 0 aromatic rings. The number of carbonyl (C=O) groups is 2. The van der Waals surface area contributed by atoms with E-state index in [2.05, 4.69) is 7.74 Å². The van der Waals surface area contributed by atoms with E-state index in [0.717, 1.165) is 49.7 Å². The van der Waals surface area contributed by atoms with Gasteiger partial charge in [-0.2, -0.15) is 0 Å². The van der Waals surface area contributed by atoms with Crippen molar-refractivity contribution in [1.82, 2.24) is 3.22 Å². The molecule has 0 saturated heterocycles. The van der Waals surface area contributed by atoms with Crippen LogP contribution in [-0.2, 0) is 35.2 Å². The second-order valence-corrected chi connectivity index (χ2v) is 10.6. The zero-order valence-corrected chi connectivity index (χ0v) is 19.6. The molecule has 0 bridgehead atoms. The molecule has 0 fully saturated rings. The normalized spacial score (nSPS) is 13.3. The van der Waals surface area contributed by atoms with Gasteiger partial charge in [-0.25, -0.2) is 0 Å². The van der Waals surface area contributed by atoms with Gasteiger partial charge in [0.05, 0.1) is 6.61 Å². The molecule has 1 amide bonds. The molecule has 1 atom stereocenters. The molecule has 0 spiro atoms. The second kappa shape index (κ2) is 15.3. The van der Waals surface area contributed by atoms with Gasteiger partial charge in [-0.3, -0.25) is 0 Å². The first-order chi connectivity index (χ1) is 10.9. The molecule has 136 valence electrons. The fourth-order valence-corrected chi connectivity index (χ4v) is 4.36. The summed E-state index contributed by atoms with van der Waals surface area (Å²) >= 11 is 5.49. The molecule has 0 aromatic heterocycles. The van der Waals surface area contributed by atoms with Crippen LogP contribution in [0, 0.1) is 0 Å². The number of hydrogen-bond acceptors (Lipinski definition) is 8. The summed E-state index contributed by atoms with van der Waals surface area (Å²) in [7, 11) is 4.71. The van der Waals surface area contributed by atoms with E-state index >= 15 is 0 Å². The quantitative estimate of drug-likeness (QED) is 0.132. The van der Waals surface area contributed by atoms with Crippen molar-refractivity contribution in [3.8, 4) is 0 Å². The number of esters is 1. The van der Waals surface area contributed by atoms with Gasteiger partial charge in [-0.15, -0.1) is 0 Å². The molecule has 0 aliphatic carbocycles. The van der Waals surface area contributed by atoms with Crippen LogP contribution in [-0.4, -0.2) is 74.0 Å². The molecule has 0 heterocycles. The third kappa shape index (κ3) is 16.3. The molecule has 23 heavy (non-hydrogen) atoms. The molecule has 12 heteroatoms. The predicted octanol–water partition coefficient (Wildman–Crippen LogP) is 1.28. The van der Waals surface area contributed by atoms with Crippen molar-refractivity contribution < 1.29 is 28.3 Å². The summed E-state index contributed by atoms with van der Waals surface area (Å²) in [5.74, 6) is 1.29. The fourth-order valence-electron chi connectivity index (χ4n) is 1.12. The Morgan fingerprint density at radius 2 is 1.83 bits per heavy atom. The number of rotatable bonds is 14. The Labute approximate surface area is 165 Å². The van der Waals surface area contributed by atoms with E-state index < -0.39 is 6.72 Å². The van der Waals surface area contributed by atoms with Crippen molar-refractivity contribution in [2.24, 2.45) is 0 Å². The van der Waals surface area contributed by atoms with Gasteiger partial charge in [-0.05, 0) is 18.2 Å². The van der Waals surface area contributed by atoms with E-state index in [1.54, 1.807) is 21.6 Å². The van der Waals surface area contributed by atoms with E-state index in [9.17, 15) is 14.5 Å². The van der Waals surface area contributed by atoms with Crippen molar-refractivity contribution in [3.05, 3.63) is 0 Å². The Morgan fingerprint density at radius 3 is 2.39 bits per heavy atom. The van der Waals surface area contributed by atoms with E-state index in [0.29, 0.717) is 13.2 Å². The van der Waals surface area contributed by atoms with Crippen LogP contribution in [0.25, 0.3) is 0 Å². The van der Waals surface area contributed by atoms with Gasteiger partial charge in [0, 0.05) is 7.11 Å². The summed E-state index contributed by atoms with van der Waals surface area (Å²) in [4.78, 5) is 31.7. The fraction of sp³-hybridized carbons (Fsp3) is 0.818. The third-order valence-electron chi connectivity index (χ3n) is 2.26. The SMILES string of the molecule is COP(O)(=S)OCCCSSCCCOC(=O)CCC(=O)[NH][PoH]. The van der Waals surface area contributed by atoms with Crippen LogP contribution in [0.4, 0.5) is 0 Å². The Kier molecular flexibility index (Phi) is 16.0. The summed E-state index contributed by atoms with van der Waals surface area (Å²) in [6, 6.07) is 0. The first kappa shape index (κ1) is 24.1. The Bertz CT molecular complexity index is 404. The summed E-state index contributed by atoms with van der Waals surface area (Å²) in [6.45, 7) is -2.27. The summed E-state index contributed by atoms with van der Waals surface area (Å²) in [5, 5.41) is 0. The van der Waals surface area contributed by atoms with E-state index in [1.165, 1.54) is 7.11 Å². The van der Waals surface area contributed by atoms with Crippen molar-refractivity contribution in [1.29, 1.82) is 0 Å². The van der Waals surface area contributed by atoms with Crippen molar-refractivity contribution in [3.63, 3.8) is 0 Å². The van der Waals surface area contributed by atoms with E-state index in [4.69, 9.17) is 21.1 Å². The Hall–Kier alpha value is 1.07. The second-order valence-electron chi connectivity index (χ2n) is 4.09. The van der Waals surface area contributed by atoms with Crippen LogP contribution in [0.15, 0.2) is 0 Å². The zero-order chi connectivity index (χ0) is 17.6. The van der Waals surface area contributed by atoms with Gasteiger partial charge in [0.25, 0.3) is 0 Å². The Balaban J connectivity index is 3.32. The summed E-state index contributed by atoms with van der Waals surface area (Å²) in [6.07, 6.45) is 1.86. The van der Waals surface area contributed by atoms with E-state index in [-0.39, 0.29) is 24.7 Å². The van der Waals surface area contributed by atoms with Crippen molar-refractivity contribution in [2.45, 2.75) is 25.7 Å².